The smallest absolute Gasteiger partial charge is 0.306 e. The monoisotopic (exact) mass is 284 g/mol. The fraction of sp³-hybridized carbons (Fsp3) is 0.533. The third-order valence-electron chi connectivity index (χ3n) is 4.17. The van der Waals surface area contributed by atoms with Gasteiger partial charge in [-0.2, -0.15) is 0 Å². The molecule has 0 saturated heterocycles. The van der Waals surface area contributed by atoms with Crippen LogP contribution < -0.4 is 0 Å². The van der Waals surface area contributed by atoms with Crippen molar-refractivity contribution in [3.63, 3.8) is 0 Å². The van der Waals surface area contributed by atoms with Crippen molar-refractivity contribution in [2.24, 2.45) is 17.8 Å². The molecular weight excluding hydrogens is 266 g/mol. The molecule has 20 heavy (non-hydrogen) atoms. The molecule has 1 fully saturated rings. The van der Waals surface area contributed by atoms with Gasteiger partial charge in [0.1, 0.15) is 11.6 Å². The number of benzene rings is 1. The van der Waals surface area contributed by atoms with Gasteiger partial charge in [-0.25, -0.2) is 8.78 Å². The topological polar surface area (TPSA) is 57.5 Å². The molecule has 0 bridgehead atoms. The Bertz CT molecular complexity index is 530. The van der Waals surface area contributed by atoms with Crippen molar-refractivity contribution in [1.82, 2.24) is 0 Å². The Hall–Kier alpha value is -1.49. The Labute approximate surface area is 116 Å². The van der Waals surface area contributed by atoms with Crippen LogP contribution in [0.4, 0.5) is 8.78 Å². The summed E-state index contributed by atoms with van der Waals surface area (Å²) in [6, 6.07) is 2.00. The fourth-order valence-electron chi connectivity index (χ4n) is 3.10. The number of rotatable bonds is 3. The van der Waals surface area contributed by atoms with Crippen LogP contribution in [0.5, 0.6) is 0 Å². The standard InChI is InChI=1S/C15H18F2O3/c1-7-3-9(10(4-7)15(19)20)14(18)11-5-8(2)12(16)6-13(11)17/h5-7,9-10,14,18H,3-4H2,1-2H3,(H,19,20). The van der Waals surface area contributed by atoms with Gasteiger partial charge in [0, 0.05) is 17.5 Å². The number of aliphatic carboxylic acids is 1. The first kappa shape index (κ1) is 14.9. The SMILES string of the molecule is Cc1cc(C(O)C2CC(C)CC2C(=O)O)c(F)cc1F. The van der Waals surface area contributed by atoms with Crippen molar-refractivity contribution in [3.05, 3.63) is 34.9 Å². The zero-order valence-corrected chi connectivity index (χ0v) is 11.4. The molecule has 1 saturated carbocycles. The molecule has 0 amide bonds. The highest BCUT2D eigenvalue weighted by molar-refractivity contribution is 5.71. The lowest BCUT2D eigenvalue weighted by molar-refractivity contribution is -0.144. The van der Waals surface area contributed by atoms with Crippen LogP contribution in [0, 0.1) is 36.3 Å². The maximum Gasteiger partial charge on any atom is 0.306 e. The van der Waals surface area contributed by atoms with E-state index >= 15 is 0 Å². The molecule has 0 spiro atoms. The van der Waals surface area contributed by atoms with Gasteiger partial charge in [0.2, 0.25) is 0 Å². The van der Waals surface area contributed by atoms with Gasteiger partial charge >= 0.3 is 5.97 Å². The highest BCUT2D eigenvalue weighted by atomic mass is 19.1. The molecule has 5 heteroatoms. The number of carboxylic acids is 1. The lowest BCUT2D eigenvalue weighted by atomic mass is 9.86. The lowest BCUT2D eigenvalue weighted by Gasteiger charge is -2.23. The van der Waals surface area contributed by atoms with Crippen LogP contribution in [0.3, 0.4) is 0 Å². The minimum atomic E-state index is -1.22. The molecule has 0 aliphatic heterocycles. The molecule has 1 aromatic carbocycles. The molecule has 110 valence electrons. The van der Waals surface area contributed by atoms with Crippen LogP contribution in [0.1, 0.15) is 37.0 Å². The first-order valence-electron chi connectivity index (χ1n) is 6.67. The summed E-state index contributed by atoms with van der Waals surface area (Å²) >= 11 is 0. The molecule has 1 aliphatic rings. The third kappa shape index (κ3) is 2.68. The zero-order chi connectivity index (χ0) is 15.0. The van der Waals surface area contributed by atoms with Crippen LogP contribution in [0.2, 0.25) is 0 Å². The van der Waals surface area contributed by atoms with E-state index in [2.05, 4.69) is 0 Å². The Morgan fingerprint density at radius 2 is 1.95 bits per heavy atom. The average Bonchev–Trinajstić information content (AvgIpc) is 2.75. The summed E-state index contributed by atoms with van der Waals surface area (Å²) < 4.78 is 27.1. The van der Waals surface area contributed by atoms with Gasteiger partial charge in [-0.3, -0.25) is 4.79 Å². The zero-order valence-electron chi connectivity index (χ0n) is 11.4. The molecule has 1 aromatic rings. The van der Waals surface area contributed by atoms with E-state index in [9.17, 15) is 23.8 Å². The molecule has 0 heterocycles. The molecule has 2 rings (SSSR count). The van der Waals surface area contributed by atoms with Gasteiger partial charge < -0.3 is 10.2 Å². The van der Waals surface area contributed by atoms with E-state index < -0.39 is 35.5 Å². The van der Waals surface area contributed by atoms with Crippen LogP contribution in [-0.4, -0.2) is 16.2 Å². The number of aliphatic hydroxyl groups excluding tert-OH is 1. The van der Waals surface area contributed by atoms with E-state index in [0.717, 1.165) is 6.07 Å². The predicted octanol–water partition coefficient (Wildman–Crippen LogP) is 3.05. The largest absolute Gasteiger partial charge is 0.481 e. The summed E-state index contributed by atoms with van der Waals surface area (Å²) in [4.78, 5) is 11.2. The average molecular weight is 284 g/mol. The highest BCUT2D eigenvalue weighted by Gasteiger charge is 2.42. The van der Waals surface area contributed by atoms with Gasteiger partial charge in [0.05, 0.1) is 12.0 Å². The minimum Gasteiger partial charge on any atom is -0.481 e. The number of hydrogen-bond donors (Lipinski definition) is 2. The van der Waals surface area contributed by atoms with Crippen molar-refractivity contribution >= 4 is 5.97 Å². The maximum atomic E-state index is 13.8. The van der Waals surface area contributed by atoms with E-state index in [4.69, 9.17) is 0 Å². The Morgan fingerprint density at radius 3 is 2.55 bits per heavy atom. The Kier molecular flexibility index (Phi) is 4.09. The van der Waals surface area contributed by atoms with Gasteiger partial charge in [0.15, 0.2) is 0 Å². The first-order chi connectivity index (χ1) is 9.31. The van der Waals surface area contributed by atoms with E-state index in [0.29, 0.717) is 12.8 Å². The predicted molar refractivity (Wildman–Crippen MR) is 69.1 cm³/mol. The van der Waals surface area contributed by atoms with Crippen molar-refractivity contribution < 1.29 is 23.8 Å². The fourth-order valence-corrected chi connectivity index (χ4v) is 3.10. The van der Waals surface area contributed by atoms with Gasteiger partial charge in [0.25, 0.3) is 0 Å². The number of aryl methyl sites for hydroxylation is 1. The highest BCUT2D eigenvalue weighted by Crippen LogP contribution is 2.44. The summed E-state index contributed by atoms with van der Waals surface area (Å²) in [5, 5.41) is 19.5. The molecule has 4 unspecified atom stereocenters. The van der Waals surface area contributed by atoms with Crippen LogP contribution in [0.15, 0.2) is 12.1 Å². The Balaban J connectivity index is 2.33. The lowest BCUT2D eigenvalue weighted by Crippen LogP contribution is -2.24. The van der Waals surface area contributed by atoms with Gasteiger partial charge in [-0.1, -0.05) is 6.92 Å². The van der Waals surface area contributed by atoms with Crippen LogP contribution >= 0.6 is 0 Å². The maximum absolute atomic E-state index is 13.8. The summed E-state index contributed by atoms with van der Waals surface area (Å²) in [7, 11) is 0. The number of carbonyl (C=O) groups is 1. The number of halogens is 2. The van der Waals surface area contributed by atoms with Crippen molar-refractivity contribution in [2.45, 2.75) is 32.8 Å². The molecular formula is C15H18F2O3. The van der Waals surface area contributed by atoms with E-state index in [1.54, 1.807) is 0 Å². The number of hydrogen-bond acceptors (Lipinski definition) is 2. The normalized spacial score (nSPS) is 27.6. The molecule has 2 N–H and O–H groups in total. The number of aliphatic hydroxyl groups is 1. The van der Waals surface area contributed by atoms with Crippen LogP contribution in [0.25, 0.3) is 0 Å². The molecule has 0 radical (unpaired) electrons. The second-order valence-electron chi connectivity index (χ2n) is 5.75. The van der Waals surface area contributed by atoms with Crippen molar-refractivity contribution in [1.29, 1.82) is 0 Å². The first-order valence-corrected chi connectivity index (χ1v) is 6.67. The van der Waals surface area contributed by atoms with Crippen molar-refractivity contribution in [3.8, 4) is 0 Å². The van der Waals surface area contributed by atoms with Crippen molar-refractivity contribution in [2.75, 3.05) is 0 Å². The Morgan fingerprint density at radius 1 is 1.30 bits per heavy atom. The van der Waals surface area contributed by atoms with E-state index in [1.165, 1.54) is 13.0 Å². The quantitative estimate of drug-likeness (QED) is 0.897. The molecule has 4 atom stereocenters. The van der Waals surface area contributed by atoms with Gasteiger partial charge in [-0.15, -0.1) is 0 Å². The summed E-state index contributed by atoms with van der Waals surface area (Å²) in [5.74, 6) is -3.54. The van der Waals surface area contributed by atoms with E-state index in [-0.39, 0.29) is 17.0 Å². The third-order valence-corrected chi connectivity index (χ3v) is 4.17. The molecule has 0 aromatic heterocycles. The second-order valence-corrected chi connectivity index (χ2v) is 5.75. The molecule has 3 nitrogen and oxygen atoms in total. The minimum absolute atomic E-state index is 0.0192. The van der Waals surface area contributed by atoms with Crippen LogP contribution in [-0.2, 0) is 4.79 Å². The summed E-state index contributed by atoms with van der Waals surface area (Å²) in [6.07, 6.45) is -0.229. The second kappa shape index (κ2) is 5.48. The number of carboxylic acid groups (broad SMARTS) is 1. The van der Waals surface area contributed by atoms with E-state index in [1.807, 2.05) is 6.92 Å². The molecule has 1 aliphatic carbocycles. The summed E-state index contributed by atoms with van der Waals surface area (Å²) in [5.41, 5.74) is 0.215. The van der Waals surface area contributed by atoms with Gasteiger partial charge in [-0.05, 0) is 37.3 Å². The summed E-state index contributed by atoms with van der Waals surface area (Å²) in [6.45, 7) is 3.39.